The van der Waals surface area contributed by atoms with E-state index in [1.54, 1.807) is 24.3 Å². The highest BCUT2D eigenvalue weighted by atomic mass is 35.5. The van der Waals surface area contributed by atoms with Crippen molar-refractivity contribution in [1.82, 2.24) is 0 Å². The molecule has 2 aromatic rings. The third kappa shape index (κ3) is 3.50. The smallest absolute Gasteiger partial charge is 0.195 e. The third-order valence-electron chi connectivity index (χ3n) is 2.47. The molecular weight excluding hydrogens is 303 g/mol. The van der Waals surface area contributed by atoms with E-state index >= 15 is 0 Å². The van der Waals surface area contributed by atoms with Crippen molar-refractivity contribution < 1.29 is 9.53 Å². The minimum Gasteiger partial charge on any atom is -0.494 e. The zero-order chi connectivity index (χ0) is 13.8. The second-order valence-corrected chi connectivity index (χ2v) is 6.23. The molecule has 0 atom stereocenters. The van der Waals surface area contributed by atoms with Gasteiger partial charge in [0.1, 0.15) is 10.1 Å². The normalized spacial score (nSPS) is 10.5. The predicted molar refractivity (Wildman–Crippen MR) is 80.0 cm³/mol. The minimum atomic E-state index is -0.143. The van der Waals surface area contributed by atoms with Crippen molar-refractivity contribution in [1.29, 1.82) is 0 Å². The van der Waals surface area contributed by atoms with Gasteiger partial charge < -0.3 is 4.74 Å². The van der Waals surface area contributed by atoms with Gasteiger partial charge >= 0.3 is 0 Å². The van der Waals surface area contributed by atoms with Gasteiger partial charge in [-0.3, -0.25) is 4.79 Å². The van der Waals surface area contributed by atoms with E-state index in [1.165, 1.54) is 11.3 Å². The largest absolute Gasteiger partial charge is 0.494 e. The number of hydrogen-bond donors (Lipinski definition) is 0. The molecular formula is C14H12Cl2O2S. The van der Waals surface area contributed by atoms with Crippen LogP contribution in [-0.4, -0.2) is 12.4 Å². The quantitative estimate of drug-likeness (QED) is 0.720. The lowest BCUT2D eigenvalue weighted by Gasteiger charge is -2.06. The molecule has 1 aromatic carbocycles. The summed E-state index contributed by atoms with van der Waals surface area (Å²) < 4.78 is 6.43. The Bertz CT molecular complexity index is 593. The van der Waals surface area contributed by atoms with E-state index in [1.807, 2.05) is 13.0 Å². The molecule has 1 aromatic heterocycles. The van der Waals surface area contributed by atoms with Crippen molar-refractivity contribution in [2.24, 2.45) is 0 Å². The highest BCUT2D eigenvalue weighted by molar-refractivity contribution is 7.20. The Labute approximate surface area is 125 Å². The van der Waals surface area contributed by atoms with E-state index in [4.69, 9.17) is 27.9 Å². The lowest BCUT2D eigenvalue weighted by molar-refractivity contribution is 0.103. The van der Waals surface area contributed by atoms with Crippen LogP contribution >= 0.6 is 34.5 Å². The summed E-state index contributed by atoms with van der Waals surface area (Å²) in [6, 6.07) is 8.67. The first kappa shape index (κ1) is 14.4. The number of ketones is 1. The molecule has 0 unspecified atom stereocenters. The van der Waals surface area contributed by atoms with Gasteiger partial charge in [-0.15, -0.1) is 11.3 Å². The predicted octanol–water partition coefficient (Wildman–Crippen LogP) is 5.07. The number of halogens is 2. The van der Waals surface area contributed by atoms with Gasteiger partial charge in [-0.05, 0) is 24.6 Å². The Kier molecular flexibility index (Phi) is 4.86. The molecule has 5 heteroatoms. The van der Waals surface area contributed by atoms with Gasteiger partial charge in [0.15, 0.2) is 5.78 Å². The molecule has 1 heterocycles. The number of hydrogen-bond acceptors (Lipinski definition) is 3. The molecule has 0 radical (unpaired) electrons. The standard InChI is InChI=1S/C14H12Cl2O2S/c1-2-6-18-10-5-3-4-9(7-10)13(17)11-8-12(15)19-14(11)16/h3-5,7-8H,2,6H2,1H3. The van der Waals surface area contributed by atoms with E-state index < -0.39 is 0 Å². The number of carbonyl (C=O) groups is 1. The highest BCUT2D eigenvalue weighted by Gasteiger charge is 2.16. The summed E-state index contributed by atoms with van der Waals surface area (Å²) in [6.45, 7) is 2.66. The van der Waals surface area contributed by atoms with Crippen LogP contribution in [0.2, 0.25) is 8.67 Å². The zero-order valence-corrected chi connectivity index (χ0v) is 12.6. The lowest BCUT2D eigenvalue weighted by atomic mass is 10.1. The number of carbonyl (C=O) groups excluding carboxylic acids is 1. The number of thiophene rings is 1. The molecule has 0 bridgehead atoms. The highest BCUT2D eigenvalue weighted by Crippen LogP contribution is 2.33. The molecule has 0 saturated carbocycles. The molecule has 2 nitrogen and oxygen atoms in total. The minimum absolute atomic E-state index is 0.143. The van der Waals surface area contributed by atoms with Crippen molar-refractivity contribution >= 4 is 40.3 Å². The van der Waals surface area contributed by atoms with E-state index in [0.717, 1.165) is 6.42 Å². The van der Waals surface area contributed by atoms with E-state index in [0.29, 0.717) is 32.2 Å². The van der Waals surface area contributed by atoms with Crippen LogP contribution in [0, 0.1) is 0 Å². The zero-order valence-electron chi connectivity index (χ0n) is 10.3. The van der Waals surface area contributed by atoms with Crippen molar-refractivity contribution in [3.05, 3.63) is 50.1 Å². The first-order chi connectivity index (χ1) is 9.11. The SMILES string of the molecule is CCCOc1cccc(C(=O)c2cc(Cl)sc2Cl)c1. The number of rotatable bonds is 5. The van der Waals surface area contributed by atoms with Gasteiger partial charge in [0, 0.05) is 5.56 Å². The van der Waals surface area contributed by atoms with E-state index in [2.05, 4.69) is 0 Å². The lowest BCUT2D eigenvalue weighted by Crippen LogP contribution is -2.02. The van der Waals surface area contributed by atoms with Crippen LogP contribution < -0.4 is 4.74 Å². The van der Waals surface area contributed by atoms with Crippen molar-refractivity contribution in [2.45, 2.75) is 13.3 Å². The van der Waals surface area contributed by atoms with Crippen LogP contribution in [0.5, 0.6) is 5.75 Å². The number of benzene rings is 1. The monoisotopic (exact) mass is 314 g/mol. The van der Waals surface area contributed by atoms with E-state index in [9.17, 15) is 4.79 Å². The Hall–Kier alpha value is -1.03. The summed E-state index contributed by atoms with van der Waals surface area (Å²) in [4.78, 5) is 12.3. The number of ether oxygens (including phenoxy) is 1. The fourth-order valence-electron chi connectivity index (χ4n) is 1.60. The summed E-state index contributed by atoms with van der Waals surface area (Å²) in [6.07, 6.45) is 0.921. The molecule has 0 saturated heterocycles. The summed E-state index contributed by atoms with van der Waals surface area (Å²) in [5, 5.41) is 0. The Balaban J connectivity index is 2.26. The Morgan fingerprint density at radius 2 is 2.11 bits per heavy atom. The van der Waals surface area contributed by atoms with Gasteiger partial charge in [0.05, 0.1) is 16.5 Å². The second-order valence-electron chi connectivity index (χ2n) is 3.94. The van der Waals surface area contributed by atoms with Crippen molar-refractivity contribution in [2.75, 3.05) is 6.61 Å². The van der Waals surface area contributed by atoms with Crippen LogP contribution in [0.4, 0.5) is 0 Å². The van der Waals surface area contributed by atoms with Crippen LogP contribution in [0.15, 0.2) is 30.3 Å². The molecule has 19 heavy (non-hydrogen) atoms. The molecule has 100 valence electrons. The van der Waals surface area contributed by atoms with Crippen molar-refractivity contribution in [3.63, 3.8) is 0 Å². The van der Waals surface area contributed by atoms with Crippen molar-refractivity contribution in [3.8, 4) is 5.75 Å². The van der Waals surface area contributed by atoms with Crippen LogP contribution in [-0.2, 0) is 0 Å². The second kappa shape index (κ2) is 6.42. The first-order valence-electron chi connectivity index (χ1n) is 5.84. The Morgan fingerprint density at radius 3 is 2.74 bits per heavy atom. The average molecular weight is 315 g/mol. The molecule has 0 N–H and O–H groups in total. The molecule has 0 aliphatic carbocycles. The van der Waals surface area contributed by atoms with Crippen LogP contribution in [0.25, 0.3) is 0 Å². The molecule has 0 spiro atoms. The van der Waals surface area contributed by atoms with Crippen LogP contribution in [0.1, 0.15) is 29.3 Å². The van der Waals surface area contributed by atoms with Gasteiger partial charge in [-0.1, -0.05) is 42.3 Å². The Morgan fingerprint density at radius 1 is 1.32 bits per heavy atom. The summed E-state index contributed by atoms with van der Waals surface area (Å²) in [5.41, 5.74) is 0.981. The molecule has 0 fully saturated rings. The topological polar surface area (TPSA) is 26.3 Å². The third-order valence-corrected chi connectivity index (χ3v) is 3.96. The maximum absolute atomic E-state index is 12.3. The fraction of sp³-hybridized carbons (Fsp3) is 0.214. The molecule has 0 aliphatic rings. The maximum atomic E-state index is 12.3. The van der Waals surface area contributed by atoms with Gasteiger partial charge in [0.2, 0.25) is 0 Å². The van der Waals surface area contributed by atoms with Gasteiger partial charge in [0.25, 0.3) is 0 Å². The first-order valence-corrected chi connectivity index (χ1v) is 7.41. The summed E-state index contributed by atoms with van der Waals surface area (Å²) in [7, 11) is 0. The average Bonchev–Trinajstić information content (AvgIpc) is 2.75. The maximum Gasteiger partial charge on any atom is 0.195 e. The fourth-order valence-corrected chi connectivity index (χ4v) is 3.06. The van der Waals surface area contributed by atoms with Gasteiger partial charge in [-0.25, -0.2) is 0 Å². The summed E-state index contributed by atoms with van der Waals surface area (Å²) >= 11 is 13.0. The van der Waals surface area contributed by atoms with E-state index in [-0.39, 0.29) is 5.78 Å². The van der Waals surface area contributed by atoms with Crippen LogP contribution in [0.3, 0.4) is 0 Å². The molecule has 0 aliphatic heterocycles. The molecule has 0 amide bonds. The summed E-state index contributed by atoms with van der Waals surface area (Å²) in [5.74, 6) is 0.542. The van der Waals surface area contributed by atoms with Gasteiger partial charge in [-0.2, -0.15) is 0 Å². The molecule has 2 rings (SSSR count).